The van der Waals surface area contributed by atoms with Crippen molar-refractivity contribution in [3.05, 3.63) is 33.3 Å². The Balaban J connectivity index is 2.94. The standard InChI is InChI=1S/C11H14ClN3O3/c1-3-13-11(16)7(2)14-9-6-4-5-8(12)10(9)15(17)18/h4-7,14H,3H2,1-2H3,(H,13,16). The molecule has 0 spiro atoms. The number of nitrogens with zero attached hydrogens (tertiary/aromatic N) is 1. The molecule has 1 aromatic carbocycles. The normalized spacial score (nSPS) is 11.7. The number of anilines is 1. The third-order valence-electron chi connectivity index (χ3n) is 2.29. The van der Waals surface area contributed by atoms with E-state index in [4.69, 9.17) is 11.6 Å². The Bertz CT molecular complexity index is 465. The van der Waals surface area contributed by atoms with Gasteiger partial charge in [-0.05, 0) is 26.0 Å². The Morgan fingerprint density at radius 3 is 2.78 bits per heavy atom. The summed E-state index contributed by atoms with van der Waals surface area (Å²) in [6.07, 6.45) is 0. The van der Waals surface area contributed by atoms with E-state index in [1.807, 2.05) is 0 Å². The minimum atomic E-state index is -0.581. The molecule has 0 radical (unpaired) electrons. The summed E-state index contributed by atoms with van der Waals surface area (Å²) in [7, 11) is 0. The minimum Gasteiger partial charge on any atom is -0.368 e. The Morgan fingerprint density at radius 1 is 1.56 bits per heavy atom. The zero-order valence-electron chi connectivity index (χ0n) is 10.1. The van der Waals surface area contributed by atoms with Crippen LogP contribution in [0, 0.1) is 10.1 Å². The molecule has 1 atom stereocenters. The van der Waals surface area contributed by atoms with Crippen molar-refractivity contribution in [3.63, 3.8) is 0 Å². The second-order valence-corrected chi connectivity index (χ2v) is 4.06. The lowest BCUT2D eigenvalue weighted by Gasteiger charge is -2.14. The van der Waals surface area contributed by atoms with Crippen molar-refractivity contribution >= 4 is 28.9 Å². The highest BCUT2D eigenvalue weighted by molar-refractivity contribution is 6.33. The summed E-state index contributed by atoms with van der Waals surface area (Å²) in [5.74, 6) is -0.230. The van der Waals surface area contributed by atoms with Crippen LogP contribution in [0.5, 0.6) is 0 Å². The highest BCUT2D eigenvalue weighted by Gasteiger charge is 2.21. The first-order chi connectivity index (χ1) is 8.47. The molecule has 7 heteroatoms. The van der Waals surface area contributed by atoms with Gasteiger partial charge in [0.2, 0.25) is 5.91 Å². The molecule has 1 unspecified atom stereocenters. The van der Waals surface area contributed by atoms with Crippen LogP contribution in [0.1, 0.15) is 13.8 Å². The molecular weight excluding hydrogens is 258 g/mol. The Hall–Kier alpha value is -1.82. The lowest BCUT2D eigenvalue weighted by Crippen LogP contribution is -2.37. The van der Waals surface area contributed by atoms with Crippen molar-refractivity contribution in [2.24, 2.45) is 0 Å². The van der Waals surface area contributed by atoms with Crippen molar-refractivity contribution in [2.45, 2.75) is 19.9 Å². The fourth-order valence-electron chi connectivity index (χ4n) is 1.44. The van der Waals surface area contributed by atoms with Crippen molar-refractivity contribution in [1.29, 1.82) is 0 Å². The molecule has 1 aromatic rings. The number of halogens is 1. The summed E-state index contributed by atoms with van der Waals surface area (Å²) in [4.78, 5) is 21.9. The van der Waals surface area contributed by atoms with Gasteiger partial charge >= 0.3 is 5.69 Å². The number of hydrogen-bond donors (Lipinski definition) is 2. The first kappa shape index (κ1) is 14.2. The summed E-state index contributed by atoms with van der Waals surface area (Å²) >= 11 is 5.77. The molecule has 0 aromatic heterocycles. The second-order valence-electron chi connectivity index (χ2n) is 3.65. The smallest absolute Gasteiger partial charge is 0.310 e. The SMILES string of the molecule is CCNC(=O)C(C)Nc1cccc(Cl)c1[N+](=O)[O-]. The van der Waals surface area contributed by atoms with E-state index in [1.54, 1.807) is 19.9 Å². The van der Waals surface area contributed by atoms with Gasteiger partial charge in [0.15, 0.2) is 0 Å². The van der Waals surface area contributed by atoms with E-state index in [0.29, 0.717) is 6.54 Å². The van der Waals surface area contributed by atoms with Crippen molar-refractivity contribution in [2.75, 3.05) is 11.9 Å². The van der Waals surface area contributed by atoms with Crippen LogP contribution >= 0.6 is 11.6 Å². The van der Waals surface area contributed by atoms with Crippen LogP contribution in [-0.4, -0.2) is 23.4 Å². The molecule has 0 heterocycles. The molecular formula is C11H14ClN3O3. The van der Waals surface area contributed by atoms with E-state index in [1.165, 1.54) is 12.1 Å². The van der Waals surface area contributed by atoms with Crippen LogP contribution in [0.15, 0.2) is 18.2 Å². The number of hydrogen-bond acceptors (Lipinski definition) is 4. The number of carbonyl (C=O) groups is 1. The summed E-state index contributed by atoms with van der Waals surface area (Å²) in [5.41, 5.74) is 0.00145. The monoisotopic (exact) mass is 271 g/mol. The first-order valence-corrected chi connectivity index (χ1v) is 5.82. The van der Waals surface area contributed by atoms with Gasteiger partial charge in [-0.3, -0.25) is 14.9 Å². The first-order valence-electron chi connectivity index (χ1n) is 5.44. The van der Waals surface area contributed by atoms with E-state index in [0.717, 1.165) is 0 Å². The molecule has 0 aliphatic heterocycles. The predicted molar refractivity (Wildman–Crippen MR) is 69.9 cm³/mol. The minimum absolute atomic E-state index is 0.0353. The van der Waals surface area contributed by atoms with E-state index < -0.39 is 11.0 Å². The van der Waals surface area contributed by atoms with E-state index in [9.17, 15) is 14.9 Å². The molecule has 2 N–H and O–H groups in total. The van der Waals surface area contributed by atoms with Gasteiger partial charge < -0.3 is 10.6 Å². The third-order valence-corrected chi connectivity index (χ3v) is 2.59. The molecule has 0 aliphatic rings. The maximum Gasteiger partial charge on any atom is 0.310 e. The summed E-state index contributed by atoms with van der Waals surface area (Å²) < 4.78 is 0. The van der Waals surface area contributed by atoms with Gasteiger partial charge in [-0.25, -0.2) is 0 Å². The molecule has 0 saturated carbocycles. The number of nitro benzene ring substituents is 1. The number of benzene rings is 1. The summed E-state index contributed by atoms with van der Waals surface area (Å²) in [6.45, 7) is 3.92. The molecule has 18 heavy (non-hydrogen) atoms. The molecule has 1 rings (SSSR count). The number of rotatable bonds is 5. The maximum atomic E-state index is 11.5. The average molecular weight is 272 g/mol. The zero-order valence-corrected chi connectivity index (χ0v) is 10.8. The molecule has 0 aliphatic carbocycles. The highest BCUT2D eigenvalue weighted by atomic mass is 35.5. The molecule has 1 amide bonds. The third kappa shape index (κ3) is 3.33. The van der Waals surface area contributed by atoms with E-state index in [-0.39, 0.29) is 22.3 Å². The van der Waals surface area contributed by atoms with Crippen LogP contribution in [0.2, 0.25) is 5.02 Å². The van der Waals surface area contributed by atoms with Crippen LogP contribution in [-0.2, 0) is 4.79 Å². The average Bonchev–Trinajstić information content (AvgIpc) is 2.28. The zero-order chi connectivity index (χ0) is 13.7. The molecule has 0 bridgehead atoms. The van der Waals surface area contributed by atoms with Gasteiger partial charge in [0.05, 0.1) is 4.92 Å². The van der Waals surface area contributed by atoms with Gasteiger partial charge in [-0.15, -0.1) is 0 Å². The molecule has 6 nitrogen and oxygen atoms in total. The Morgan fingerprint density at radius 2 is 2.22 bits per heavy atom. The van der Waals surface area contributed by atoms with Crippen LogP contribution < -0.4 is 10.6 Å². The highest BCUT2D eigenvalue weighted by Crippen LogP contribution is 2.32. The second kappa shape index (κ2) is 6.20. The lowest BCUT2D eigenvalue weighted by molar-refractivity contribution is -0.383. The molecule has 98 valence electrons. The summed E-state index contributed by atoms with van der Waals surface area (Å²) in [6, 6.07) is 3.95. The van der Waals surface area contributed by atoms with Crippen molar-refractivity contribution in [3.8, 4) is 0 Å². The number of para-hydroxylation sites is 1. The van der Waals surface area contributed by atoms with Gasteiger partial charge in [0.1, 0.15) is 16.8 Å². The largest absolute Gasteiger partial charge is 0.368 e. The number of nitro groups is 1. The van der Waals surface area contributed by atoms with Crippen LogP contribution in [0.25, 0.3) is 0 Å². The number of nitrogens with one attached hydrogen (secondary N) is 2. The van der Waals surface area contributed by atoms with Gasteiger partial charge in [-0.1, -0.05) is 17.7 Å². The number of amides is 1. The topological polar surface area (TPSA) is 84.3 Å². The fraction of sp³-hybridized carbons (Fsp3) is 0.364. The van der Waals surface area contributed by atoms with E-state index >= 15 is 0 Å². The quantitative estimate of drug-likeness (QED) is 0.635. The van der Waals surface area contributed by atoms with Gasteiger partial charge in [0.25, 0.3) is 0 Å². The molecule has 0 fully saturated rings. The maximum absolute atomic E-state index is 11.5. The fourth-order valence-corrected chi connectivity index (χ4v) is 1.69. The van der Waals surface area contributed by atoms with Gasteiger partial charge in [0, 0.05) is 6.54 Å². The Labute approximate surface area is 109 Å². The van der Waals surface area contributed by atoms with Crippen LogP contribution in [0.4, 0.5) is 11.4 Å². The van der Waals surface area contributed by atoms with Crippen molar-refractivity contribution < 1.29 is 9.72 Å². The van der Waals surface area contributed by atoms with Crippen molar-refractivity contribution in [1.82, 2.24) is 5.32 Å². The summed E-state index contributed by atoms with van der Waals surface area (Å²) in [5, 5.41) is 16.3. The van der Waals surface area contributed by atoms with Crippen LogP contribution in [0.3, 0.4) is 0 Å². The lowest BCUT2D eigenvalue weighted by atomic mass is 10.2. The number of carbonyl (C=O) groups excluding carboxylic acids is 1. The number of likely N-dealkylation sites (N-methyl/N-ethyl adjacent to an activating group) is 1. The van der Waals surface area contributed by atoms with Gasteiger partial charge in [-0.2, -0.15) is 0 Å². The predicted octanol–water partition coefficient (Wildman–Crippen LogP) is 2.18. The Kier molecular flexibility index (Phi) is 4.91. The van der Waals surface area contributed by atoms with E-state index in [2.05, 4.69) is 10.6 Å². The molecule has 0 saturated heterocycles.